The van der Waals surface area contributed by atoms with Gasteiger partial charge in [-0.05, 0) is 36.8 Å². The molecule has 0 aliphatic heterocycles. The molecule has 144 valence electrons. The zero-order chi connectivity index (χ0) is 20.0. The molecule has 0 heterocycles. The summed E-state index contributed by atoms with van der Waals surface area (Å²) in [5.41, 5.74) is 1.09. The van der Waals surface area contributed by atoms with Crippen molar-refractivity contribution in [3.8, 4) is 17.2 Å². The molecule has 0 spiro atoms. The number of carbonyl (C=O) groups excluding carboxylic acids is 1. The zero-order valence-electron chi connectivity index (χ0n) is 15.3. The summed E-state index contributed by atoms with van der Waals surface area (Å²) in [7, 11) is 2.95. The summed E-state index contributed by atoms with van der Waals surface area (Å²) in [5.74, 6) is -0.448. The summed E-state index contributed by atoms with van der Waals surface area (Å²) in [6, 6.07) is 8.47. The normalized spacial score (nSPS) is 10.2. The van der Waals surface area contributed by atoms with Gasteiger partial charge in [-0.25, -0.2) is 9.18 Å². The van der Waals surface area contributed by atoms with E-state index in [-0.39, 0.29) is 24.4 Å². The molecular weight excluding hydrogens is 355 g/mol. The van der Waals surface area contributed by atoms with E-state index >= 15 is 0 Å². The standard InChI is InChI=1S/C19H21FN2O5/c1-12-4-6-16(17(10-12)26-3)27-15-7-5-13(20)11-14(15)21-19(25)22(2)9-8-18(23)24/h4-7,10-11H,8-9H2,1-3H3,(H,21,25)(H,23,24). The summed E-state index contributed by atoms with van der Waals surface area (Å²) in [5, 5.41) is 11.2. The first kappa shape index (κ1) is 20.0. The monoisotopic (exact) mass is 376 g/mol. The van der Waals surface area contributed by atoms with Crippen LogP contribution in [0.2, 0.25) is 0 Å². The van der Waals surface area contributed by atoms with Gasteiger partial charge in [-0.3, -0.25) is 4.79 Å². The number of carboxylic acids is 1. The number of nitrogens with zero attached hydrogens (tertiary/aromatic N) is 1. The largest absolute Gasteiger partial charge is 0.493 e. The minimum atomic E-state index is -1.02. The van der Waals surface area contributed by atoms with E-state index in [2.05, 4.69) is 5.32 Å². The number of methoxy groups -OCH3 is 1. The third-order valence-corrected chi connectivity index (χ3v) is 3.73. The van der Waals surface area contributed by atoms with Crippen molar-refractivity contribution in [2.24, 2.45) is 0 Å². The van der Waals surface area contributed by atoms with Gasteiger partial charge in [0.25, 0.3) is 0 Å². The number of urea groups is 1. The first-order valence-electron chi connectivity index (χ1n) is 8.16. The molecular formula is C19H21FN2O5. The highest BCUT2D eigenvalue weighted by atomic mass is 19.1. The van der Waals surface area contributed by atoms with Gasteiger partial charge in [-0.15, -0.1) is 0 Å². The van der Waals surface area contributed by atoms with Crippen molar-refractivity contribution in [3.63, 3.8) is 0 Å². The van der Waals surface area contributed by atoms with Crippen LogP contribution in [0.1, 0.15) is 12.0 Å². The van der Waals surface area contributed by atoms with E-state index in [4.69, 9.17) is 14.6 Å². The number of hydrogen-bond donors (Lipinski definition) is 2. The van der Waals surface area contributed by atoms with E-state index in [1.54, 1.807) is 12.1 Å². The smallest absolute Gasteiger partial charge is 0.321 e. The summed E-state index contributed by atoms with van der Waals surface area (Å²) >= 11 is 0. The van der Waals surface area contributed by atoms with Gasteiger partial charge in [0.15, 0.2) is 17.2 Å². The van der Waals surface area contributed by atoms with E-state index in [0.717, 1.165) is 11.6 Å². The Bertz CT molecular complexity index is 841. The van der Waals surface area contributed by atoms with E-state index in [9.17, 15) is 14.0 Å². The second kappa shape index (κ2) is 8.88. The molecule has 0 saturated heterocycles. The van der Waals surface area contributed by atoms with Gasteiger partial charge in [0.05, 0.1) is 19.2 Å². The molecule has 7 nitrogen and oxygen atoms in total. The van der Waals surface area contributed by atoms with Crippen LogP contribution in [0.15, 0.2) is 36.4 Å². The van der Waals surface area contributed by atoms with Crippen LogP contribution in [-0.4, -0.2) is 42.7 Å². The van der Waals surface area contributed by atoms with Crippen LogP contribution in [0.4, 0.5) is 14.9 Å². The quantitative estimate of drug-likeness (QED) is 0.766. The average molecular weight is 376 g/mol. The number of carboxylic acid groups (broad SMARTS) is 1. The lowest BCUT2D eigenvalue weighted by Crippen LogP contribution is -2.33. The topological polar surface area (TPSA) is 88.1 Å². The highest BCUT2D eigenvalue weighted by Gasteiger charge is 2.15. The molecule has 2 aromatic rings. The van der Waals surface area contributed by atoms with Crippen LogP contribution in [0.3, 0.4) is 0 Å². The number of rotatable bonds is 7. The van der Waals surface area contributed by atoms with Gasteiger partial charge in [0.1, 0.15) is 5.82 Å². The molecule has 0 radical (unpaired) electrons. The third-order valence-electron chi connectivity index (χ3n) is 3.73. The summed E-state index contributed by atoms with van der Waals surface area (Å²) in [6.07, 6.45) is -0.197. The maximum Gasteiger partial charge on any atom is 0.321 e. The van der Waals surface area contributed by atoms with Crippen molar-refractivity contribution in [2.45, 2.75) is 13.3 Å². The van der Waals surface area contributed by atoms with Gasteiger partial charge in [0, 0.05) is 19.7 Å². The van der Waals surface area contributed by atoms with E-state index in [1.807, 2.05) is 13.0 Å². The van der Waals surface area contributed by atoms with E-state index in [0.29, 0.717) is 11.5 Å². The molecule has 2 rings (SSSR count). The molecule has 0 fully saturated rings. The molecule has 0 unspecified atom stereocenters. The molecule has 0 aliphatic rings. The molecule has 0 aliphatic carbocycles. The van der Waals surface area contributed by atoms with Crippen molar-refractivity contribution in [3.05, 3.63) is 47.8 Å². The molecule has 2 amide bonds. The molecule has 0 atom stereocenters. The minimum absolute atomic E-state index is 0.0124. The van der Waals surface area contributed by atoms with Gasteiger partial charge < -0.3 is 24.8 Å². The summed E-state index contributed by atoms with van der Waals surface area (Å²) in [6.45, 7) is 1.92. The SMILES string of the molecule is COc1cc(C)ccc1Oc1ccc(F)cc1NC(=O)N(C)CCC(=O)O. The Hall–Kier alpha value is -3.29. The van der Waals surface area contributed by atoms with Crippen LogP contribution < -0.4 is 14.8 Å². The van der Waals surface area contributed by atoms with Crippen molar-refractivity contribution in [2.75, 3.05) is 26.0 Å². The first-order chi connectivity index (χ1) is 12.8. The van der Waals surface area contributed by atoms with Gasteiger partial charge in [0.2, 0.25) is 0 Å². The maximum absolute atomic E-state index is 13.7. The molecule has 0 aromatic heterocycles. The van der Waals surface area contributed by atoms with Gasteiger partial charge in [-0.2, -0.15) is 0 Å². The Morgan fingerprint density at radius 2 is 1.85 bits per heavy atom. The Morgan fingerprint density at radius 1 is 1.15 bits per heavy atom. The van der Waals surface area contributed by atoms with Crippen molar-refractivity contribution >= 4 is 17.7 Å². The second-order valence-corrected chi connectivity index (χ2v) is 5.89. The van der Waals surface area contributed by atoms with Crippen molar-refractivity contribution in [1.82, 2.24) is 4.90 Å². The Kier molecular flexibility index (Phi) is 6.59. The molecule has 2 N–H and O–H groups in total. The Balaban J connectivity index is 2.22. The second-order valence-electron chi connectivity index (χ2n) is 5.89. The fraction of sp³-hybridized carbons (Fsp3) is 0.263. The summed E-state index contributed by atoms with van der Waals surface area (Å²) < 4.78 is 24.8. The number of aliphatic carboxylic acids is 1. The predicted molar refractivity (Wildman–Crippen MR) is 98.1 cm³/mol. The van der Waals surface area contributed by atoms with Crippen LogP contribution in [0, 0.1) is 12.7 Å². The number of anilines is 1. The van der Waals surface area contributed by atoms with E-state index < -0.39 is 17.8 Å². The number of halogens is 1. The Morgan fingerprint density at radius 3 is 2.52 bits per heavy atom. The Labute approximate surface area is 156 Å². The highest BCUT2D eigenvalue weighted by molar-refractivity contribution is 5.91. The third kappa shape index (κ3) is 5.60. The number of benzene rings is 2. The lowest BCUT2D eigenvalue weighted by molar-refractivity contribution is -0.137. The first-order valence-corrected chi connectivity index (χ1v) is 8.16. The number of nitrogens with one attached hydrogen (secondary N) is 1. The minimum Gasteiger partial charge on any atom is -0.493 e. The van der Waals surface area contributed by atoms with Gasteiger partial charge >= 0.3 is 12.0 Å². The highest BCUT2D eigenvalue weighted by Crippen LogP contribution is 2.36. The van der Waals surface area contributed by atoms with Crippen LogP contribution in [-0.2, 0) is 4.79 Å². The van der Waals surface area contributed by atoms with Crippen LogP contribution in [0.5, 0.6) is 17.2 Å². The number of aryl methyl sites for hydroxylation is 1. The molecule has 2 aromatic carbocycles. The van der Waals surface area contributed by atoms with Crippen LogP contribution >= 0.6 is 0 Å². The fourth-order valence-electron chi connectivity index (χ4n) is 2.24. The number of amides is 2. The lowest BCUT2D eigenvalue weighted by Gasteiger charge is -2.19. The van der Waals surface area contributed by atoms with Crippen LogP contribution in [0.25, 0.3) is 0 Å². The maximum atomic E-state index is 13.7. The summed E-state index contributed by atoms with van der Waals surface area (Å²) in [4.78, 5) is 24.0. The van der Waals surface area contributed by atoms with Crippen molar-refractivity contribution < 1.29 is 28.6 Å². The predicted octanol–water partition coefficient (Wildman–Crippen LogP) is 3.87. The number of ether oxygens (including phenoxy) is 2. The average Bonchev–Trinajstić information content (AvgIpc) is 2.62. The number of carbonyl (C=O) groups is 2. The molecule has 0 bridgehead atoms. The lowest BCUT2D eigenvalue weighted by atomic mass is 10.2. The molecule has 27 heavy (non-hydrogen) atoms. The molecule has 0 saturated carbocycles. The van der Waals surface area contributed by atoms with Gasteiger partial charge in [-0.1, -0.05) is 6.07 Å². The number of hydrogen-bond acceptors (Lipinski definition) is 4. The van der Waals surface area contributed by atoms with Crippen molar-refractivity contribution in [1.29, 1.82) is 0 Å². The molecule has 8 heteroatoms. The fourth-order valence-corrected chi connectivity index (χ4v) is 2.24. The van der Waals surface area contributed by atoms with E-state index in [1.165, 1.54) is 31.2 Å². The zero-order valence-corrected chi connectivity index (χ0v) is 15.3.